The summed E-state index contributed by atoms with van der Waals surface area (Å²) in [6, 6.07) is 2.45. The zero-order valence-electron chi connectivity index (χ0n) is 17.3. The van der Waals surface area contributed by atoms with E-state index < -0.39 is 11.7 Å². The van der Waals surface area contributed by atoms with Crippen molar-refractivity contribution >= 4 is 17.5 Å². The maximum Gasteiger partial charge on any atom is 0.416 e. The second-order valence-corrected chi connectivity index (χ2v) is 9.31. The molecule has 3 fully saturated rings. The number of thioether (sulfide) groups is 1. The number of Topliss-reactive ketones (excluding diaryl/α,β-unsaturated/α-hetero) is 1. The summed E-state index contributed by atoms with van der Waals surface area (Å²) in [7, 11) is 1.32. The van der Waals surface area contributed by atoms with E-state index in [1.165, 1.54) is 20.0 Å². The van der Waals surface area contributed by atoms with Crippen molar-refractivity contribution in [1.82, 2.24) is 4.90 Å². The van der Waals surface area contributed by atoms with Crippen LogP contribution in [0.5, 0.6) is 5.75 Å². The van der Waals surface area contributed by atoms with E-state index >= 15 is 0 Å². The summed E-state index contributed by atoms with van der Waals surface area (Å²) in [5.74, 6) is 0.286. The number of hydrogen-bond acceptors (Lipinski definition) is 5. The van der Waals surface area contributed by atoms with Gasteiger partial charge in [0.25, 0.3) is 0 Å². The van der Waals surface area contributed by atoms with Crippen molar-refractivity contribution in [2.24, 2.45) is 17.8 Å². The molecular formula is C22H28F3NO3S. The van der Waals surface area contributed by atoms with Gasteiger partial charge in [-0.25, -0.2) is 0 Å². The predicted molar refractivity (Wildman–Crippen MR) is 109 cm³/mol. The van der Waals surface area contributed by atoms with Crippen LogP contribution in [0.15, 0.2) is 17.0 Å². The number of hydrogen-bond donors (Lipinski definition) is 0. The molecule has 30 heavy (non-hydrogen) atoms. The fourth-order valence-electron chi connectivity index (χ4n) is 5.18. The third-order valence-electron chi connectivity index (χ3n) is 6.78. The third-order valence-corrected chi connectivity index (χ3v) is 7.54. The highest BCUT2D eigenvalue weighted by atomic mass is 32.2. The van der Waals surface area contributed by atoms with Gasteiger partial charge in [0, 0.05) is 29.4 Å². The van der Waals surface area contributed by atoms with Crippen molar-refractivity contribution in [3.05, 3.63) is 23.3 Å². The Bertz CT molecular complexity index is 769. The lowest BCUT2D eigenvalue weighted by Crippen LogP contribution is -2.45. The summed E-state index contributed by atoms with van der Waals surface area (Å²) in [6.45, 7) is 3.63. The Kier molecular flexibility index (Phi) is 6.38. The molecular weight excluding hydrogens is 415 g/mol. The molecule has 1 saturated carbocycles. The molecule has 166 valence electrons. The summed E-state index contributed by atoms with van der Waals surface area (Å²) in [6.07, 6.45) is 1.41. The molecule has 2 heterocycles. The molecule has 1 aromatic rings. The number of alkyl halides is 3. The van der Waals surface area contributed by atoms with Gasteiger partial charge in [-0.1, -0.05) is 0 Å². The van der Waals surface area contributed by atoms with E-state index in [9.17, 15) is 18.0 Å². The Morgan fingerprint density at radius 2 is 1.97 bits per heavy atom. The first-order valence-electron chi connectivity index (χ1n) is 10.5. The number of methoxy groups -OCH3 is 1. The molecule has 0 amide bonds. The van der Waals surface area contributed by atoms with E-state index in [4.69, 9.17) is 9.47 Å². The first-order chi connectivity index (χ1) is 14.3. The van der Waals surface area contributed by atoms with Crippen LogP contribution in [0.4, 0.5) is 13.2 Å². The minimum absolute atomic E-state index is 0.0146. The molecule has 4 rings (SSSR count). The predicted octanol–water partition coefficient (Wildman–Crippen LogP) is 4.76. The fraction of sp³-hybridized carbons (Fsp3) is 0.682. The van der Waals surface area contributed by atoms with Crippen molar-refractivity contribution in [3.8, 4) is 5.75 Å². The lowest BCUT2D eigenvalue weighted by Gasteiger charge is -2.38. The summed E-state index contributed by atoms with van der Waals surface area (Å²) >= 11 is 1.15. The van der Waals surface area contributed by atoms with Gasteiger partial charge in [-0.15, -0.1) is 11.8 Å². The van der Waals surface area contributed by atoms with E-state index in [0.29, 0.717) is 29.0 Å². The quantitative estimate of drug-likeness (QED) is 0.468. The van der Waals surface area contributed by atoms with Crippen LogP contribution in [0.2, 0.25) is 0 Å². The van der Waals surface area contributed by atoms with Crippen LogP contribution in [-0.2, 0) is 10.9 Å². The van der Waals surface area contributed by atoms with Crippen LogP contribution in [0.25, 0.3) is 0 Å². The highest BCUT2D eigenvalue weighted by Gasteiger charge is 2.52. The van der Waals surface area contributed by atoms with Crippen LogP contribution in [0, 0.1) is 17.8 Å². The number of rotatable bonds is 6. The molecule has 0 bridgehead atoms. The number of carbonyl (C=O) groups is 1. The van der Waals surface area contributed by atoms with Crippen molar-refractivity contribution in [2.75, 3.05) is 39.7 Å². The largest absolute Gasteiger partial charge is 0.496 e. The number of halogens is 3. The van der Waals surface area contributed by atoms with Gasteiger partial charge in [0.15, 0.2) is 5.78 Å². The van der Waals surface area contributed by atoms with Crippen molar-refractivity contribution in [2.45, 2.75) is 42.8 Å². The summed E-state index contributed by atoms with van der Waals surface area (Å²) in [5, 5.41) is 0. The first-order valence-corrected chi connectivity index (χ1v) is 11.8. The Morgan fingerprint density at radius 1 is 1.23 bits per heavy atom. The summed E-state index contributed by atoms with van der Waals surface area (Å²) in [4.78, 5) is 16.2. The minimum Gasteiger partial charge on any atom is -0.496 e. The zero-order valence-corrected chi connectivity index (χ0v) is 18.2. The molecule has 2 aliphatic heterocycles. The van der Waals surface area contributed by atoms with Crippen LogP contribution in [0.3, 0.4) is 0 Å². The van der Waals surface area contributed by atoms with Crippen LogP contribution < -0.4 is 4.74 Å². The fourth-order valence-corrected chi connectivity index (χ4v) is 5.83. The normalized spacial score (nSPS) is 29.8. The average molecular weight is 444 g/mol. The highest BCUT2D eigenvalue weighted by molar-refractivity contribution is 7.98. The molecule has 0 aromatic heterocycles. The van der Waals surface area contributed by atoms with Crippen LogP contribution >= 0.6 is 11.8 Å². The smallest absolute Gasteiger partial charge is 0.416 e. The van der Waals surface area contributed by atoms with E-state index in [1.807, 2.05) is 0 Å². The van der Waals surface area contributed by atoms with Gasteiger partial charge >= 0.3 is 6.18 Å². The third kappa shape index (κ3) is 4.23. The number of likely N-dealkylation sites (tertiary alicyclic amines) is 1. The van der Waals surface area contributed by atoms with Crippen LogP contribution in [-0.4, -0.2) is 56.4 Å². The van der Waals surface area contributed by atoms with Crippen LogP contribution in [0.1, 0.15) is 41.6 Å². The monoisotopic (exact) mass is 443 g/mol. The molecule has 1 aliphatic carbocycles. The Labute approximate surface area is 179 Å². The van der Waals surface area contributed by atoms with E-state index in [2.05, 4.69) is 4.90 Å². The maximum absolute atomic E-state index is 13.4. The average Bonchev–Trinajstić information content (AvgIpc) is 3.35. The molecule has 0 spiro atoms. The lowest BCUT2D eigenvalue weighted by atomic mass is 9.88. The molecule has 4 nitrogen and oxygen atoms in total. The second-order valence-electron chi connectivity index (χ2n) is 8.46. The number of benzene rings is 1. The summed E-state index contributed by atoms with van der Waals surface area (Å²) < 4.78 is 50.8. The Balaban J connectivity index is 1.57. The van der Waals surface area contributed by atoms with Gasteiger partial charge in [0.05, 0.1) is 24.8 Å². The van der Waals surface area contributed by atoms with Gasteiger partial charge in [-0.3, -0.25) is 9.69 Å². The van der Waals surface area contributed by atoms with E-state index in [1.54, 1.807) is 6.26 Å². The molecule has 3 unspecified atom stereocenters. The van der Waals surface area contributed by atoms with Gasteiger partial charge < -0.3 is 9.47 Å². The Morgan fingerprint density at radius 3 is 2.60 bits per heavy atom. The number of carbonyl (C=O) groups excluding carboxylic acids is 1. The molecule has 3 aliphatic rings. The first kappa shape index (κ1) is 22.0. The van der Waals surface area contributed by atoms with Crippen molar-refractivity contribution in [3.63, 3.8) is 0 Å². The zero-order chi connectivity index (χ0) is 21.5. The van der Waals surface area contributed by atoms with E-state index in [-0.39, 0.29) is 23.4 Å². The van der Waals surface area contributed by atoms with E-state index in [0.717, 1.165) is 56.4 Å². The minimum atomic E-state index is -4.48. The molecule has 2 saturated heterocycles. The SMILES string of the molecule is COc1cc(C(F)(F)F)cc(SC)c1C(=O)C1CC1C1COCC[C@@H]1N1CCCC1. The molecule has 0 radical (unpaired) electrons. The maximum atomic E-state index is 13.4. The lowest BCUT2D eigenvalue weighted by molar-refractivity contribution is -0.137. The Hall–Kier alpha value is -1.25. The summed E-state index contributed by atoms with van der Waals surface area (Å²) in [5.41, 5.74) is -0.498. The van der Waals surface area contributed by atoms with Gasteiger partial charge in [0.1, 0.15) is 5.75 Å². The molecule has 0 N–H and O–H groups in total. The number of ketones is 1. The van der Waals surface area contributed by atoms with Crippen molar-refractivity contribution in [1.29, 1.82) is 0 Å². The molecule has 1 aromatic carbocycles. The number of nitrogens with zero attached hydrogens (tertiary/aromatic N) is 1. The highest BCUT2D eigenvalue weighted by Crippen LogP contribution is 2.51. The van der Waals surface area contributed by atoms with Gasteiger partial charge in [0.2, 0.25) is 0 Å². The van der Waals surface area contributed by atoms with Crippen molar-refractivity contribution < 1.29 is 27.4 Å². The van der Waals surface area contributed by atoms with Gasteiger partial charge in [-0.05, 0) is 63.1 Å². The molecule has 4 atom stereocenters. The standard InChI is InChI=1S/C22H28F3NO3S/c1-28-18-9-13(22(23,24)25)10-19(30-2)20(18)21(27)15-11-14(15)16-12-29-8-5-17(16)26-6-3-4-7-26/h9-10,14-17H,3-8,11-12H2,1-2H3/t14?,15?,16?,17-/m0/s1. The second kappa shape index (κ2) is 8.71. The molecule has 8 heteroatoms. The topological polar surface area (TPSA) is 38.8 Å². The van der Waals surface area contributed by atoms with Gasteiger partial charge in [-0.2, -0.15) is 13.2 Å². The number of ether oxygens (including phenoxy) is 2.